The minimum Gasteiger partial charge on any atom is -0.457 e. The van der Waals surface area contributed by atoms with Gasteiger partial charge >= 0.3 is 0 Å². The van der Waals surface area contributed by atoms with Gasteiger partial charge in [-0.15, -0.1) is 0 Å². The van der Waals surface area contributed by atoms with Crippen LogP contribution in [0.1, 0.15) is 27.9 Å². The van der Waals surface area contributed by atoms with Gasteiger partial charge in [0.25, 0.3) is 5.91 Å². The van der Waals surface area contributed by atoms with Crippen LogP contribution in [-0.4, -0.2) is 66.6 Å². The molecule has 0 aliphatic carbocycles. The standard InChI is InChI=1S/C30H31N5O6/c31-27(32)21-8-6-20(7-9-21)17-33-29(38)25-16-30(39-14-15-40-30)19-35(25)26(36)18-34-28(37)22-10-12-24(13-11-22)41-23-4-2-1-3-5-23/h1-13,25H,14-19H2,(H3,31,32)(H,33,38)(H,34,37)/t25-/m0/s1. The number of para-hydroxylation sites is 1. The lowest BCUT2D eigenvalue weighted by atomic mass is 10.1. The molecule has 1 atom stereocenters. The second kappa shape index (κ2) is 12.2. The average Bonchev–Trinajstić information content (AvgIpc) is 3.62. The van der Waals surface area contributed by atoms with Crippen molar-refractivity contribution < 1.29 is 28.6 Å². The predicted octanol–water partition coefficient (Wildman–Crippen LogP) is 2.15. The molecule has 0 saturated carbocycles. The molecule has 3 aromatic carbocycles. The summed E-state index contributed by atoms with van der Waals surface area (Å²) in [5.41, 5.74) is 7.26. The molecule has 212 valence electrons. The van der Waals surface area contributed by atoms with E-state index in [2.05, 4.69) is 10.6 Å². The minimum atomic E-state index is -1.04. The van der Waals surface area contributed by atoms with Gasteiger partial charge in [0.1, 0.15) is 23.4 Å². The molecule has 0 radical (unpaired) electrons. The summed E-state index contributed by atoms with van der Waals surface area (Å²) >= 11 is 0. The van der Waals surface area contributed by atoms with E-state index in [1.807, 2.05) is 30.3 Å². The van der Waals surface area contributed by atoms with Gasteiger partial charge < -0.3 is 35.5 Å². The Morgan fingerprint density at radius 1 is 0.902 bits per heavy atom. The summed E-state index contributed by atoms with van der Waals surface area (Å²) in [6, 6.07) is 22.0. The van der Waals surface area contributed by atoms with E-state index >= 15 is 0 Å². The molecule has 1 spiro atoms. The monoisotopic (exact) mass is 557 g/mol. The fourth-order valence-electron chi connectivity index (χ4n) is 4.81. The van der Waals surface area contributed by atoms with E-state index in [0.717, 1.165) is 5.56 Å². The van der Waals surface area contributed by atoms with Crippen LogP contribution in [0.25, 0.3) is 0 Å². The maximum Gasteiger partial charge on any atom is 0.251 e. The Balaban J connectivity index is 1.18. The van der Waals surface area contributed by atoms with Gasteiger partial charge in [-0.25, -0.2) is 0 Å². The van der Waals surface area contributed by atoms with Crippen LogP contribution in [-0.2, 0) is 25.6 Å². The van der Waals surface area contributed by atoms with Crippen molar-refractivity contribution in [1.29, 1.82) is 5.41 Å². The number of carbonyl (C=O) groups excluding carboxylic acids is 3. The number of benzene rings is 3. The maximum atomic E-state index is 13.2. The number of nitrogens with one attached hydrogen (secondary N) is 3. The van der Waals surface area contributed by atoms with Crippen LogP contribution in [0.15, 0.2) is 78.9 Å². The fraction of sp³-hybridized carbons (Fsp3) is 0.267. The van der Waals surface area contributed by atoms with Crippen LogP contribution in [0, 0.1) is 5.41 Å². The summed E-state index contributed by atoms with van der Waals surface area (Å²) in [5.74, 6) is -1.04. The molecule has 3 amide bonds. The third-order valence-corrected chi connectivity index (χ3v) is 6.96. The van der Waals surface area contributed by atoms with Crippen molar-refractivity contribution in [1.82, 2.24) is 15.5 Å². The lowest BCUT2D eigenvalue weighted by Crippen LogP contribution is -2.49. The number of nitrogens with zero attached hydrogens (tertiary/aromatic N) is 1. The molecule has 2 fully saturated rings. The number of likely N-dealkylation sites (tertiary alicyclic amines) is 1. The van der Waals surface area contributed by atoms with Gasteiger partial charge in [0.15, 0.2) is 5.79 Å². The van der Waals surface area contributed by atoms with E-state index in [1.165, 1.54) is 4.90 Å². The molecule has 0 bridgehead atoms. The smallest absolute Gasteiger partial charge is 0.251 e. The Labute approximate surface area is 237 Å². The van der Waals surface area contributed by atoms with Gasteiger partial charge in [0, 0.05) is 24.1 Å². The van der Waals surface area contributed by atoms with Gasteiger partial charge in [-0.2, -0.15) is 0 Å². The molecule has 0 unspecified atom stereocenters. The second-order valence-corrected chi connectivity index (χ2v) is 9.80. The molecular formula is C30H31N5O6. The molecule has 41 heavy (non-hydrogen) atoms. The summed E-state index contributed by atoms with van der Waals surface area (Å²) in [4.78, 5) is 40.6. The summed E-state index contributed by atoms with van der Waals surface area (Å²) < 4.78 is 17.3. The van der Waals surface area contributed by atoms with Gasteiger partial charge in [-0.1, -0.05) is 42.5 Å². The number of nitrogen functional groups attached to an aromatic ring is 1. The number of amides is 3. The molecule has 3 aromatic rings. The Kier molecular flexibility index (Phi) is 8.27. The van der Waals surface area contributed by atoms with Crippen LogP contribution in [0.4, 0.5) is 0 Å². The van der Waals surface area contributed by atoms with Crippen molar-refractivity contribution in [3.05, 3.63) is 95.6 Å². The van der Waals surface area contributed by atoms with Gasteiger partial charge in [-0.3, -0.25) is 19.8 Å². The van der Waals surface area contributed by atoms with Gasteiger partial charge in [0.05, 0.1) is 26.3 Å². The van der Waals surface area contributed by atoms with E-state index in [4.69, 9.17) is 25.4 Å². The van der Waals surface area contributed by atoms with E-state index < -0.39 is 23.6 Å². The molecule has 5 rings (SSSR count). The van der Waals surface area contributed by atoms with Crippen LogP contribution >= 0.6 is 0 Å². The summed E-state index contributed by atoms with van der Waals surface area (Å²) in [6.45, 7) is 0.760. The number of hydrogen-bond donors (Lipinski definition) is 4. The molecule has 2 aliphatic rings. The number of rotatable bonds is 9. The first-order valence-electron chi connectivity index (χ1n) is 13.2. The summed E-state index contributed by atoms with van der Waals surface area (Å²) in [5, 5.41) is 13.0. The Morgan fingerprint density at radius 2 is 1.54 bits per heavy atom. The normalized spacial score (nSPS) is 17.3. The van der Waals surface area contributed by atoms with Crippen molar-refractivity contribution in [3.63, 3.8) is 0 Å². The van der Waals surface area contributed by atoms with E-state index in [9.17, 15) is 14.4 Å². The van der Waals surface area contributed by atoms with Crippen molar-refractivity contribution in [2.45, 2.75) is 24.8 Å². The van der Waals surface area contributed by atoms with Gasteiger partial charge in [0.2, 0.25) is 11.8 Å². The lowest BCUT2D eigenvalue weighted by molar-refractivity contribution is -0.152. The quantitative estimate of drug-likeness (QED) is 0.232. The predicted molar refractivity (Wildman–Crippen MR) is 149 cm³/mol. The number of amidine groups is 1. The lowest BCUT2D eigenvalue weighted by Gasteiger charge is -2.24. The Bertz CT molecular complexity index is 1410. The zero-order valence-electron chi connectivity index (χ0n) is 22.3. The first kappa shape index (κ1) is 27.8. The minimum absolute atomic E-state index is 0.0382. The topological polar surface area (TPSA) is 156 Å². The molecular weight excluding hydrogens is 526 g/mol. The van der Waals surface area contributed by atoms with Crippen molar-refractivity contribution in [2.75, 3.05) is 26.3 Å². The molecule has 11 heteroatoms. The fourth-order valence-corrected chi connectivity index (χ4v) is 4.81. The number of nitrogens with two attached hydrogens (primary N) is 1. The molecule has 2 heterocycles. The van der Waals surface area contributed by atoms with Gasteiger partial charge in [-0.05, 0) is 42.0 Å². The van der Waals surface area contributed by atoms with E-state index in [1.54, 1.807) is 48.5 Å². The number of ether oxygens (including phenoxy) is 3. The highest BCUT2D eigenvalue weighted by atomic mass is 16.7. The molecule has 2 aliphatic heterocycles. The van der Waals surface area contributed by atoms with E-state index in [-0.39, 0.29) is 37.8 Å². The average molecular weight is 558 g/mol. The Morgan fingerprint density at radius 3 is 2.20 bits per heavy atom. The summed E-state index contributed by atoms with van der Waals surface area (Å²) in [6.07, 6.45) is 0.185. The molecule has 11 nitrogen and oxygen atoms in total. The van der Waals surface area contributed by atoms with Crippen LogP contribution in [0.3, 0.4) is 0 Å². The van der Waals surface area contributed by atoms with Crippen molar-refractivity contribution >= 4 is 23.6 Å². The highest BCUT2D eigenvalue weighted by Gasteiger charge is 2.52. The first-order chi connectivity index (χ1) is 19.8. The zero-order chi connectivity index (χ0) is 28.8. The van der Waals surface area contributed by atoms with Crippen molar-refractivity contribution in [3.8, 4) is 11.5 Å². The van der Waals surface area contributed by atoms with Crippen LogP contribution in [0.2, 0.25) is 0 Å². The zero-order valence-corrected chi connectivity index (χ0v) is 22.3. The number of hydrogen-bond acceptors (Lipinski definition) is 7. The number of carbonyl (C=O) groups is 3. The van der Waals surface area contributed by atoms with Crippen LogP contribution < -0.4 is 21.1 Å². The molecule has 5 N–H and O–H groups in total. The first-order valence-corrected chi connectivity index (χ1v) is 13.2. The highest BCUT2D eigenvalue weighted by Crippen LogP contribution is 2.35. The maximum absolute atomic E-state index is 13.2. The second-order valence-electron chi connectivity index (χ2n) is 9.80. The largest absolute Gasteiger partial charge is 0.457 e. The SMILES string of the molecule is N=C(N)c1ccc(CNC(=O)[C@@H]2CC3(CN2C(=O)CNC(=O)c2ccc(Oc4ccccc4)cc2)OCCO3)cc1. The highest BCUT2D eigenvalue weighted by molar-refractivity contribution is 5.97. The Hall–Kier alpha value is -4.74. The third-order valence-electron chi connectivity index (χ3n) is 6.96. The van der Waals surface area contributed by atoms with Crippen LogP contribution in [0.5, 0.6) is 11.5 Å². The molecule has 2 saturated heterocycles. The molecule has 0 aromatic heterocycles. The third kappa shape index (κ3) is 6.71. The summed E-state index contributed by atoms with van der Waals surface area (Å²) in [7, 11) is 0. The van der Waals surface area contributed by atoms with Crippen molar-refractivity contribution in [2.24, 2.45) is 5.73 Å². The van der Waals surface area contributed by atoms with E-state index in [0.29, 0.717) is 35.8 Å².